The van der Waals surface area contributed by atoms with Crippen molar-refractivity contribution < 1.29 is 9.53 Å². The van der Waals surface area contributed by atoms with Crippen molar-refractivity contribution in [1.29, 1.82) is 5.26 Å². The lowest BCUT2D eigenvalue weighted by Crippen LogP contribution is -2.30. The van der Waals surface area contributed by atoms with Gasteiger partial charge in [0.2, 0.25) is 0 Å². The van der Waals surface area contributed by atoms with Crippen LogP contribution in [0.3, 0.4) is 0 Å². The Balaban J connectivity index is 1.91. The predicted molar refractivity (Wildman–Crippen MR) is 122 cm³/mol. The lowest BCUT2D eigenvalue weighted by molar-refractivity contribution is -0.113. The molecule has 1 aromatic heterocycles. The number of thiophene rings is 1. The third kappa shape index (κ3) is 5.02. The summed E-state index contributed by atoms with van der Waals surface area (Å²) >= 11 is 9.28. The average molecular weight is 446 g/mol. The number of hydrogen-bond donors (Lipinski definition) is 0. The quantitative estimate of drug-likeness (QED) is 0.525. The number of carbonyl (C=O) groups excluding carboxylic acids is 1. The highest BCUT2D eigenvalue weighted by atomic mass is 35.5. The molecule has 0 fully saturated rings. The summed E-state index contributed by atoms with van der Waals surface area (Å²) in [4.78, 5) is 20.2. The first-order valence-corrected chi connectivity index (χ1v) is 11.1. The molecule has 0 radical (unpaired) electrons. The number of rotatable bonds is 6. The zero-order chi connectivity index (χ0) is 21.0. The maximum Gasteiger partial charge on any atom is 0.283 e. The summed E-state index contributed by atoms with van der Waals surface area (Å²) in [6.45, 7) is 3.80. The van der Waals surface area contributed by atoms with Gasteiger partial charge in [-0.05, 0) is 56.0 Å². The van der Waals surface area contributed by atoms with Crippen LogP contribution in [0.2, 0.25) is 5.02 Å². The van der Waals surface area contributed by atoms with Gasteiger partial charge in [0, 0.05) is 10.6 Å². The van der Waals surface area contributed by atoms with Crippen LogP contribution in [0.5, 0.6) is 5.75 Å². The standard InChI is InChI=1S/C21H20ClN3O2S2/c1-21(2,13-23)8-10-29-20-24-17(12-15-5-4-9-28-15)19(26)25(20)14-6-7-18(27-3)16(22)11-14/h4-7,9,11-12H,8,10H2,1-3H3. The third-order valence-corrected chi connectivity index (χ3v) is 6.36. The number of hydrogen-bond acceptors (Lipinski definition) is 6. The van der Waals surface area contributed by atoms with Crippen molar-refractivity contribution in [3.05, 3.63) is 51.3 Å². The van der Waals surface area contributed by atoms with Crippen molar-refractivity contribution in [3.63, 3.8) is 0 Å². The van der Waals surface area contributed by atoms with Crippen molar-refractivity contribution in [2.75, 3.05) is 17.8 Å². The number of anilines is 1. The first kappa shape index (κ1) is 21.4. The molecule has 29 heavy (non-hydrogen) atoms. The molecule has 2 heterocycles. The van der Waals surface area contributed by atoms with Crippen molar-refractivity contribution in [2.45, 2.75) is 20.3 Å². The van der Waals surface area contributed by atoms with Crippen LogP contribution < -0.4 is 9.64 Å². The molecule has 3 rings (SSSR count). The summed E-state index contributed by atoms with van der Waals surface area (Å²) in [5.41, 5.74) is 0.572. The van der Waals surface area contributed by atoms with Gasteiger partial charge in [-0.1, -0.05) is 29.4 Å². The van der Waals surface area contributed by atoms with Crippen LogP contribution in [-0.4, -0.2) is 23.9 Å². The Labute approximate surface area is 183 Å². The summed E-state index contributed by atoms with van der Waals surface area (Å²) in [6, 6.07) is 11.4. The molecule has 0 atom stereocenters. The molecule has 0 aliphatic carbocycles. The summed E-state index contributed by atoms with van der Waals surface area (Å²) < 4.78 is 5.21. The molecule has 150 valence electrons. The fraction of sp³-hybridized carbons (Fsp3) is 0.286. The fourth-order valence-corrected chi connectivity index (χ4v) is 4.75. The van der Waals surface area contributed by atoms with Gasteiger partial charge in [-0.3, -0.25) is 9.69 Å². The maximum atomic E-state index is 13.1. The molecule has 1 aromatic carbocycles. The predicted octanol–water partition coefficient (Wildman–Crippen LogP) is 5.83. The number of thioether (sulfide) groups is 1. The highest BCUT2D eigenvalue weighted by Crippen LogP contribution is 2.35. The van der Waals surface area contributed by atoms with Gasteiger partial charge in [0.15, 0.2) is 5.17 Å². The van der Waals surface area contributed by atoms with E-state index in [0.29, 0.717) is 39.5 Å². The van der Waals surface area contributed by atoms with Crippen LogP contribution in [-0.2, 0) is 4.79 Å². The minimum Gasteiger partial charge on any atom is -0.495 e. The van der Waals surface area contributed by atoms with Crippen LogP contribution >= 0.6 is 34.7 Å². The van der Waals surface area contributed by atoms with Crippen molar-refractivity contribution in [1.82, 2.24) is 0 Å². The molecule has 5 nitrogen and oxygen atoms in total. The van der Waals surface area contributed by atoms with Gasteiger partial charge in [-0.2, -0.15) is 5.26 Å². The van der Waals surface area contributed by atoms with Gasteiger partial charge in [0.05, 0.1) is 29.3 Å². The number of amides is 1. The molecule has 0 saturated heterocycles. The monoisotopic (exact) mass is 445 g/mol. The van der Waals surface area contributed by atoms with E-state index in [-0.39, 0.29) is 5.91 Å². The van der Waals surface area contributed by atoms with E-state index in [9.17, 15) is 10.1 Å². The Morgan fingerprint density at radius 3 is 2.83 bits per heavy atom. The molecular formula is C21H20ClN3O2S2. The van der Waals surface area contributed by atoms with Crippen LogP contribution in [0.1, 0.15) is 25.1 Å². The number of nitriles is 1. The summed E-state index contributed by atoms with van der Waals surface area (Å²) in [5, 5.41) is 12.2. The second-order valence-electron chi connectivity index (χ2n) is 6.99. The van der Waals surface area contributed by atoms with Gasteiger partial charge in [0.25, 0.3) is 5.91 Å². The zero-order valence-electron chi connectivity index (χ0n) is 16.3. The van der Waals surface area contributed by atoms with E-state index in [2.05, 4.69) is 11.1 Å². The number of halogens is 1. The fourth-order valence-electron chi connectivity index (χ4n) is 2.58. The lowest BCUT2D eigenvalue weighted by atomic mass is 9.93. The zero-order valence-corrected chi connectivity index (χ0v) is 18.7. The van der Waals surface area contributed by atoms with E-state index in [1.54, 1.807) is 47.6 Å². The molecule has 8 heteroatoms. The van der Waals surface area contributed by atoms with E-state index >= 15 is 0 Å². The summed E-state index contributed by atoms with van der Waals surface area (Å²) in [7, 11) is 1.55. The SMILES string of the molecule is COc1ccc(N2C(=O)C(=Cc3cccs3)N=C2SCCC(C)(C)C#N)cc1Cl. The molecule has 0 unspecified atom stereocenters. The minimum absolute atomic E-state index is 0.207. The van der Waals surface area contributed by atoms with E-state index < -0.39 is 5.41 Å². The average Bonchev–Trinajstić information content (AvgIpc) is 3.30. The second kappa shape index (κ2) is 9.04. The van der Waals surface area contributed by atoms with Crippen LogP contribution in [0.4, 0.5) is 5.69 Å². The Kier molecular flexibility index (Phi) is 6.68. The van der Waals surface area contributed by atoms with E-state index in [4.69, 9.17) is 16.3 Å². The Morgan fingerprint density at radius 1 is 1.41 bits per heavy atom. The molecule has 0 N–H and O–H groups in total. The molecule has 1 amide bonds. The minimum atomic E-state index is -0.430. The van der Waals surface area contributed by atoms with Gasteiger partial charge in [-0.15, -0.1) is 11.3 Å². The number of benzene rings is 1. The Bertz CT molecular complexity index is 1010. The van der Waals surface area contributed by atoms with Crippen LogP contribution in [0, 0.1) is 16.7 Å². The van der Waals surface area contributed by atoms with Crippen molar-refractivity contribution in [3.8, 4) is 11.8 Å². The van der Waals surface area contributed by atoms with Crippen molar-refractivity contribution in [2.24, 2.45) is 10.4 Å². The van der Waals surface area contributed by atoms with Gasteiger partial charge in [0.1, 0.15) is 11.4 Å². The number of amidine groups is 1. The lowest BCUT2D eigenvalue weighted by Gasteiger charge is -2.20. The molecule has 1 aliphatic heterocycles. The van der Waals surface area contributed by atoms with Crippen LogP contribution in [0.15, 0.2) is 46.4 Å². The molecule has 0 spiro atoms. The largest absolute Gasteiger partial charge is 0.495 e. The van der Waals surface area contributed by atoms with Gasteiger partial charge >= 0.3 is 0 Å². The number of aliphatic imine (C=N–C) groups is 1. The number of methoxy groups -OCH3 is 1. The van der Waals surface area contributed by atoms with E-state index in [1.807, 2.05) is 31.4 Å². The Hall–Kier alpha value is -2.27. The van der Waals surface area contributed by atoms with Crippen LogP contribution in [0.25, 0.3) is 6.08 Å². The molecule has 1 aliphatic rings. The number of ether oxygens (including phenoxy) is 1. The van der Waals surface area contributed by atoms with Gasteiger partial charge < -0.3 is 4.74 Å². The first-order chi connectivity index (χ1) is 13.8. The number of nitrogens with zero attached hydrogens (tertiary/aromatic N) is 3. The van der Waals surface area contributed by atoms with Crippen molar-refractivity contribution >= 4 is 57.5 Å². The highest BCUT2D eigenvalue weighted by Gasteiger charge is 2.33. The normalized spacial score (nSPS) is 15.6. The second-order valence-corrected chi connectivity index (χ2v) is 9.44. The summed E-state index contributed by atoms with van der Waals surface area (Å²) in [6.07, 6.45) is 2.47. The Morgan fingerprint density at radius 2 is 2.21 bits per heavy atom. The van der Waals surface area contributed by atoms with E-state index in [0.717, 1.165) is 4.88 Å². The summed E-state index contributed by atoms with van der Waals surface area (Å²) in [5.74, 6) is 0.999. The molecule has 0 bridgehead atoms. The van der Waals surface area contributed by atoms with E-state index in [1.165, 1.54) is 11.8 Å². The maximum absolute atomic E-state index is 13.1. The third-order valence-electron chi connectivity index (χ3n) is 4.31. The smallest absolute Gasteiger partial charge is 0.283 e. The number of carbonyl (C=O) groups is 1. The topological polar surface area (TPSA) is 65.7 Å². The molecular weight excluding hydrogens is 426 g/mol. The first-order valence-electron chi connectivity index (χ1n) is 8.90. The van der Waals surface area contributed by atoms with Gasteiger partial charge in [-0.25, -0.2) is 4.99 Å². The molecule has 0 saturated carbocycles. The molecule has 2 aromatic rings. The highest BCUT2D eigenvalue weighted by molar-refractivity contribution is 8.14.